The van der Waals surface area contributed by atoms with Crippen LogP contribution in [0.5, 0.6) is 0 Å². The zero-order valence-electron chi connectivity index (χ0n) is 10.1. The topological polar surface area (TPSA) is 94.1 Å². The van der Waals surface area contributed by atoms with E-state index in [1.807, 2.05) is 0 Å². The van der Waals surface area contributed by atoms with Gasteiger partial charge in [-0.15, -0.1) is 5.10 Å². The Morgan fingerprint density at radius 1 is 1.47 bits per heavy atom. The molecule has 0 radical (unpaired) electrons. The largest absolute Gasteiger partial charge is 0.390 e. The molecular weight excluding hydrogens is 248 g/mol. The average Bonchev–Trinajstić information content (AvgIpc) is 3.17. The number of nitro benzene ring substituents is 1. The molecule has 1 aromatic carbocycles. The van der Waals surface area contributed by atoms with Crippen molar-refractivity contribution in [2.45, 2.75) is 25.4 Å². The van der Waals surface area contributed by atoms with Crippen LogP contribution < -0.4 is 0 Å². The molecule has 0 spiro atoms. The fourth-order valence-electron chi connectivity index (χ4n) is 2.13. The van der Waals surface area contributed by atoms with Gasteiger partial charge in [-0.2, -0.15) is 0 Å². The molecule has 2 aromatic rings. The van der Waals surface area contributed by atoms with Crippen LogP contribution >= 0.6 is 0 Å². The summed E-state index contributed by atoms with van der Waals surface area (Å²) in [5.74, 6) is 0.344. The SMILES string of the molecule is O=[N+]([O-])c1cccc(-n2nnc(CO)c2C2CC2)c1. The number of hydrogen-bond donors (Lipinski definition) is 1. The maximum absolute atomic E-state index is 10.8. The number of non-ortho nitro benzene ring substituents is 1. The first kappa shape index (κ1) is 11.8. The second kappa shape index (κ2) is 4.43. The first-order valence-electron chi connectivity index (χ1n) is 6.01. The molecule has 1 aromatic heterocycles. The molecule has 7 heteroatoms. The summed E-state index contributed by atoms with van der Waals surface area (Å²) in [5.41, 5.74) is 2.03. The van der Waals surface area contributed by atoms with Gasteiger partial charge in [-0.05, 0) is 18.9 Å². The molecule has 98 valence electrons. The summed E-state index contributed by atoms with van der Waals surface area (Å²) in [4.78, 5) is 10.4. The highest BCUT2D eigenvalue weighted by Gasteiger charge is 2.31. The van der Waals surface area contributed by atoms with E-state index in [1.54, 1.807) is 16.8 Å². The molecule has 1 aliphatic carbocycles. The van der Waals surface area contributed by atoms with Crippen LogP contribution in [-0.2, 0) is 6.61 Å². The van der Waals surface area contributed by atoms with Gasteiger partial charge < -0.3 is 5.11 Å². The fraction of sp³-hybridized carbons (Fsp3) is 0.333. The highest BCUT2D eigenvalue weighted by Crippen LogP contribution is 2.42. The summed E-state index contributed by atoms with van der Waals surface area (Å²) in [5, 5.41) is 28.0. The molecule has 0 aliphatic heterocycles. The fourth-order valence-corrected chi connectivity index (χ4v) is 2.13. The Morgan fingerprint density at radius 2 is 2.26 bits per heavy atom. The summed E-state index contributed by atoms with van der Waals surface area (Å²) >= 11 is 0. The van der Waals surface area contributed by atoms with Crippen LogP contribution in [0.2, 0.25) is 0 Å². The van der Waals surface area contributed by atoms with E-state index in [0.717, 1.165) is 18.5 Å². The van der Waals surface area contributed by atoms with Crippen LogP contribution in [0.25, 0.3) is 5.69 Å². The van der Waals surface area contributed by atoms with Crippen LogP contribution in [0.15, 0.2) is 24.3 Å². The van der Waals surface area contributed by atoms with Gasteiger partial charge in [0, 0.05) is 18.1 Å². The van der Waals surface area contributed by atoms with Gasteiger partial charge in [0.25, 0.3) is 5.69 Å². The second-order valence-electron chi connectivity index (χ2n) is 4.54. The Kier molecular flexibility index (Phi) is 2.75. The lowest BCUT2D eigenvalue weighted by Crippen LogP contribution is -2.03. The molecule has 0 atom stereocenters. The van der Waals surface area contributed by atoms with Crippen molar-refractivity contribution in [3.8, 4) is 5.69 Å². The number of hydrogen-bond acceptors (Lipinski definition) is 5. The number of nitrogens with zero attached hydrogens (tertiary/aromatic N) is 4. The lowest BCUT2D eigenvalue weighted by Gasteiger charge is -2.06. The van der Waals surface area contributed by atoms with E-state index in [0.29, 0.717) is 17.3 Å². The molecule has 0 bridgehead atoms. The normalized spacial score (nSPS) is 14.6. The molecule has 3 rings (SSSR count). The molecule has 19 heavy (non-hydrogen) atoms. The van der Waals surface area contributed by atoms with Crippen LogP contribution in [0.1, 0.15) is 30.1 Å². The van der Waals surface area contributed by atoms with Crippen LogP contribution in [-0.4, -0.2) is 25.0 Å². The van der Waals surface area contributed by atoms with Crippen molar-refractivity contribution in [1.29, 1.82) is 0 Å². The average molecular weight is 260 g/mol. The van der Waals surface area contributed by atoms with Gasteiger partial charge in [0.05, 0.1) is 22.9 Å². The van der Waals surface area contributed by atoms with E-state index in [9.17, 15) is 15.2 Å². The maximum atomic E-state index is 10.8. The number of benzene rings is 1. The molecule has 0 amide bonds. The van der Waals surface area contributed by atoms with Crippen molar-refractivity contribution in [3.05, 3.63) is 45.8 Å². The first-order chi connectivity index (χ1) is 9.20. The molecule has 1 saturated carbocycles. The van der Waals surface area contributed by atoms with Gasteiger partial charge in [-0.25, -0.2) is 4.68 Å². The zero-order valence-corrected chi connectivity index (χ0v) is 10.1. The zero-order chi connectivity index (χ0) is 13.4. The monoisotopic (exact) mass is 260 g/mol. The minimum Gasteiger partial charge on any atom is -0.390 e. The predicted molar refractivity (Wildman–Crippen MR) is 65.9 cm³/mol. The predicted octanol–water partition coefficient (Wildman–Crippen LogP) is 1.55. The Balaban J connectivity index is 2.09. The van der Waals surface area contributed by atoms with Gasteiger partial charge in [-0.3, -0.25) is 10.1 Å². The smallest absolute Gasteiger partial charge is 0.271 e. The quantitative estimate of drug-likeness (QED) is 0.664. The molecule has 1 heterocycles. The van der Waals surface area contributed by atoms with Gasteiger partial charge in [-0.1, -0.05) is 11.3 Å². The van der Waals surface area contributed by atoms with Crippen molar-refractivity contribution >= 4 is 5.69 Å². The number of aliphatic hydroxyl groups excluding tert-OH is 1. The summed E-state index contributed by atoms with van der Waals surface area (Å²) in [6, 6.07) is 6.26. The van der Waals surface area contributed by atoms with Crippen LogP contribution in [0.3, 0.4) is 0 Å². The summed E-state index contributed by atoms with van der Waals surface area (Å²) in [7, 11) is 0. The Bertz CT molecular complexity index is 634. The summed E-state index contributed by atoms with van der Waals surface area (Å²) in [6.45, 7) is -0.166. The van der Waals surface area contributed by atoms with E-state index in [2.05, 4.69) is 10.3 Å². The molecule has 1 N–H and O–H groups in total. The van der Waals surface area contributed by atoms with E-state index >= 15 is 0 Å². The molecular formula is C12H12N4O3. The maximum Gasteiger partial charge on any atom is 0.271 e. The third-order valence-corrected chi connectivity index (χ3v) is 3.18. The minimum atomic E-state index is -0.440. The first-order valence-corrected chi connectivity index (χ1v) is 6.01. The molecule has 1 fully saturated rings. The second-order valence-corrected chi connectivity index (χ2v) is 4.54. The number of aliphatic hydroxyl groups is 1. The van der Waals surface area contributed by atoms with Gasteiger partial charge in [0.2, 0.25) is 0 Å². The van der Waals surface area contributed by atoms with Crippen LogP contribution in [0, 0.1) is 10.1 Å². The van der Waals surface area contributed by atoms with Crippen molar-refractivity contribution < 1.29 is 10.0 Å². The molecule has 1 aliphatic rings. The van der Waals surface area contributed by atoms with E-state index in [1.165, 1.54) is 12.1 Å². The summed E-state index contributed by atoms with van der Waals surface area (Å²) in [6.07, 6.45) is 2.07. The Labute approximate surface area is 108 Å². The van der Waals surface area contributed by atoms with Gasteiger partial charge in [0.15, 0.2) is 0 Å². The van der Waals surface area contributed by atoms with E-state index in [-0.39, 0.29) is 12.3 Å². The van der Waals surface area contributed by atoms with E-state index in [4.69, 9.17) is 0 Å². The number of rotatable bonds is 4. The molecule has 0 saturated heterocycles. The van der Waals surface area contributed by atoms with Crippen molar-refractivity contribution in [3.63, 3.8) is 0 Å². The van der Waals surface area contributed by atoms with Crippen LogP contribution in [0.4, 0.5) is 5.69 Å². The number of aromatic nitrogens is 3. The summed E-state index contributed by atoms with van der Waals surface area (Å²) < 4.78 is 1.59. The lowest BCUT2D eigenvalue weighted by molar-refractivity contribution is -0.384. The Morgan fingerprint density at radius 3 is 2.89 bits per heavy atom. The molecule has 7 nitrogen and oxygen atoms in total. The van der Waals surface area contributed by atoms with Gasteiger partial charge >= 0.3 is 0 Å². The lowest BCUT2D eigenvalue weighted by atomic mass is 10.2. The van der Waals surface area contributed by atoms with E-state index < -0.39 is 4.92 Å². The van der Waals surface area contributed by atoms with Crippen molar-refractivity contribution in [1.82, 2.24) is 15.0 Å². The number of nitro groups is 1. The third-order valence-electron chi connectivity index (χ3n) is 3.18. The van der Waals surface area contributed by atoms with Crippen molar-refractivity contribution in [2.24, 2.45) is 0 Å². The molecule has 0 unspecified atom stereocenters. The third kappa shape index (κ3) is 2.08. The highest BCUT2D eigenvalue weighted by molar-refractivity contribution is 5.44. The minimum absolute atomic E-state index is 0.0142. The highest BCUT2D eigenvalue weighted by atomic mass is 16.6. The van der Waals surface area contributed by atoms with Crippen molar-refractivity contribution in [2.75, 3.05) is 0 Å². The standard InChI is InChI=1S/C12H12N4O3/c17-7-11-12(8-4-5-8)15(14-13-11)9-2-1-3-10(6-9)16(18)19/h1-3,6,8,17H,4-5,7H2. The Hall–Kier alpha value is -2.28. The van der Waals surface area contributed by atoms with Gasteiger partial charge in [0.1, 0.15) is 5.69 Å².